The predicted molar refractivity (Wildman–Crippen MR) is 59.9 cm³/mol. The summed E-state index contributed by atoms with van der Waals surface area (Å²) in [6.45, 7) is 5.76. The molecule has 1 aliphatic carbocycles. The van der Waals surface area contributed by atoms with Crippen molar-refractivity contribution in [3.63, 3.8) is 0 Å². The molecule has 0 bridgehead atoms. The fourth-order valence-corrected chi connectivity index (χ4v) is 3.36. The summed E-state index contributed by atoms with van der Waals surface area (Å²) in [5.41, 5.74) is 6.36. The van der Waals surface area contributed by atoms with Gasteiger partial charge in [0.1, 0.15) is 0 Å². The number of rotatable bonds is 1. The summed E-state index contributed by atoms with van der Waals surface area (Å²) >= 11 is 0. The first-order chi connectivity index (χ1) is 6.70. The van der Waals surface area contributed by atoms with Crippen molar-refractivity contribution in [3.05, 3.63) is 0 Å². The molecule has 0 aromatic heterocycles. The number of hydrogen-bond acceptors (Lipinski definition) is 2. The first kappa shape index (κ1) is 10.4. The Morgan fingerprint density at radius 3 is 2.57 bits per heavy atom. The molecule has 2 nitrogen and oxygen atoms in total. The number of nitrogens with zero attached hydrogens (tertiary/aromatic N) is 1. The van der Waals surface area contributed by atoms with Crippen LogP contribution < -0.4 is 5.73 Å². The molecule has 14 heavy (non-hydrogen) atoms. The second kappa shape index (κ2) is 4.19. The van der Waals surface area contributed by atoms with Crippen molar-refractivity contribution in [2.24, 2.45) is 17.6 Å². The molecule has 0 aromatic rings. The minimum Gasteiger partial charge on any atom is -0.315 e. The van der Waals surface area contributed by atoms with Crippen LogP contribution in [0.15, 0.2) is 0 Å². The van der Waals surface area contributed by atoms with E-state index in [1.807, 2.05) is 0 Å². The number of likely N-dealkylation sites (tertiary alicyclic amines) is 1. The summed E-state index contributed by atoms with van der Waals surface area (Å²) in [6.07, 6.45) is 7.38. The van der Waals surface area contributed by atoms with Gasteiger partial charge in [0, 0.05) is 12.6 Å². The molecule has 2 rings (SSSR count). The summed E-state index contributed by atoms with van der Waals surface area (Å²) in [7, 11) is 0. The Labute approximate surface area is 87.8 Å². The van der Waals surface area contributed by atoms with Gasteiger partial charge in [-0.3, -0.25) is 4.90 Å². The molecule has 2 fully saturated rings. The maximum Gasteiger partial charge on any atom is 0.0605 e. The van der Waals surface area contributed by atoms with E-state index in [-0.39, 0.29) is 0 Å². The third-order valence-electron chi connectivity index (χ3n) is 4.21. The van der Waals surface area contributed by atoms with Gasteiger partial charge in [0.15, 0.2) is 0 Å². The monoisotopic (exact) mass is 196 g/mol. The average Bonchev–Trinajstić information content (AvgIpc) is 2.18. The zero-order valence-corrected chi connectivity index (χ0v) is 9.58. The highest BCUT2D eigenvalue weighted by Crippen LogP contribution is 2.38. The van der Waals surface area contributed by atoms with Crippen LogP contribution in [0.3, 0.4) is 0 Å². The van der Waals surface area contributed by atoms with E-state index in [0.717, 1.165) is 11.8 Å². The topological polar surface area (TPSA) is 29.3 Å². The predicted octanol–water partition coefficient (Wildman–Crippen LogP) is 2.19. The Kier molecular flexibility index (Phi) is 3.13. The van der Waals surface area contributed by atoms with E-state index in [2.05, 4.69) is 18.7 Å². The number of nitrogens with two attached hydrogens (primary N) is 1. The van der Waals surface area contributed by atoms with Gasteiger partial charge in [0.25, 0.3) is 0 Å². The van der Waals surface area contributed by atoms with Crippen molar-refractivity contribution in [1.29, 1.82) is 0 Å². The van der Waals surface area contributed by atoms with Crippen LogP contribution in [0, 0.1) is 11.8 Å². The molecule has 82 valence electrons. The minimum absolute atomic E-state index is 0.342. The Morgan fingerprint density at radius 1 is 1.14 bits per heavy atom. The van der Waals surface area contributed by atoms with Crippen molar-refractivity contribution in [2.75, 3.05) is 6.54 Å². The molecule has 2 aliphatic rings. The van der Waals surface area contributed by atoms with Crippen LogP contribution in [-0.4, -0.2) is 23.7 Å². The van der Waals surface area contributed by atoms with Gasteiger partial charge >= 0.3 is 0 Å². The maximum atomic E-state index is 6.36. The molecule has 1 aliphatic heterocycles. The Hall–Kier alpha value is -0.0800. The fraction of sp³-hybridized carbons (Fsp3) is 1.00. The van der Waals surface area contributed by atoms with E-state index in [0.29, 0.717) is 12.2 Å². The molecule has 1 heterocycles. The van der Waals surface area contributed by atoms with Crippen LogP contribution in [0.1, 0.15) is 46.0 Å². The van der Waals surface area contributed by atoms with Gasteiger partial charge in [-0.2, -0.15) is 0 Å². The molecule has 0 radical (unpaired) electrons. The second-order valence-electron chi connectivity index (χ2n) is 5.32. The van der Waals surface area contributed by atoms with Gasteiger partial charge in [-0.25, -0.2) is 0 Å². The summed E-state index contributed by atoms with van der Waals surface area (Å²) < 4.78 is 0. The SMILES string of the molecule is CC(C)N1CCC2CCCCC2C1N. The Balaban J connectivity index is 2.03. The molecule has 3 unspecified atom stereocenters. The van der Waals surface area contributed by atoms with Crippen LogP contribution in [0.4, 0.5) is 0 Å². The lowest BCUT2D eigenvalue weighted by Crippen LogP contribution is -2.57. The highest BCUT2D eigenvalue weighted by Gasteiger charge is 2.37. The average molecular weight is 196 g/mol. The van der Waals surface area contributed by atoms with Crippen LogP contribution >= 0.6 is 0 Å². The Bertz CT molecular complexity index is 191. The summed E-state index contributed by atoms with van der Waals surface area (Å²) in [5, 5.41) is 0. The minimum atomic E-state index is 0.342. The molecule has 0 spiro atoms. The largest absolute Gasteiger partial charge is 0.315 e. The van der Waals surface area contributed by atoms with E-state index >= 15 is 0 Å². The molecule has 3 atom stereocenters. The van der Waals surface area contributed by atoms with Gasteiger partial charge < -0.3 is 5.73 Å². The van der Waals surface area contributed by atoms with Crippen molar-refractivity contribution < 1.29 is 0 Å². The van der Waals surface area contributed by atoms with Gasteiger partial charge in [0.2, 0.25) is 0 Å². The number of piperidine rings is 1. The standard InChI is InChI=1S/C12H24N2/c1-9(2)14-8-7-10-5-3-4-6-11(10)12(14)13/h9-12H,3-8,13H2,1-2H3. The number of hydrogen-bond donors (Lipinski definition) is 1. The van der Waals surface area contributed by atoms with Crippen molar-refractivity contribution in [1.82, 2.24) is 4.90 Å². The molecule has 1 saturated heterocycles. The van der Waals surface area contributed by atoms with Gasteiger partial charge in [-0.15, -0.1) is 0 Å². The smallest absolute Gasteiger partial charge is 0.0605 e. The normalized spacial score (nSPS) is 39.9. The summed E-state index contributed by atoms with van der Waals surface area (Å²) in [4.78, 5) is 2.49. The van der Waals surface area contributed by atoms with E-state index < -0.39 is 0 Å². The summed E-state index contributed by atoms with van der Waals surface area (Å²) in [5.74, 6) is 1.73. The van der Waals surface area contributed by atoms with Gasteiger partial charge in [0.05, 0.1) is 6.17 Å². The molecule has 1 saturated carbocycles. The lowest BCUT2D eigenvalue weighted by Gasteiger charge is -2.47. The first-order valence-electron chi connectivity index (χ1n) is 6.21. The van der Waals surface area contributed by atoms with Gasteiger partial charge in [-0.05, 0) is 38.5 Å². The third-order valence-corrected chi connectivity index (χ3v) is 4.21. The highest BCUT2D eigenvalue weighted by molar-refractivity contribution is 4.89. The highest BCUT2D eigenvalue weighted by atomic mass is 15.3. The third kappa shape index (κ3) is 1.82. The van der Waals surface area contributed by atoms with Crippen molar-refractivity contribution in [2.45, 2.75) is 58.2 Å². The van der Waals surface area contributed by atoms with Crippen LogP contribution in [-0.2, 0) is 0 Å². The Morgan fingerprint density at radius 2 is 1.86 bits per heavy atom. The molecule has 0 amide bonds. The van der Waals surface area contributed by atoms with Crippen LogP contribution in [0.5, 0.6) is 0 Å². The second-order valence-corrected chi connectivity index (χ2v) is 5.32. The van der Waals surface area contributed by atoms with E-state index in [4.69, 9.17) is 5.73 Å². The fourth-order valence-electron chi connectivity index (χ4n) is 3.36. The molecular weight excluding hydrogens is 172 g/mol. The summed E-state index contributed by atoms with van der Waals surface area (Å²) in [6, 6.07) is 0.618. The first-order valence-corrected chi connectivity index (χ1v) is 6.21. The van der Waals surface area contributed by atoms with E-state index in [1.54, 1.807) is 0 Å². The van der Waals surface area contributed by atoms with Crippen molar-refractivity contribution >= 4 is 0 Å². The van der Waals surface area contributed by atoms with E-state index in [9.17, 15) is 0 Å². The molecule has 0 aromatic carbocycles. The zero-order chi connectivity index (χ0) is 10.1. The molecule has 2 N–H and O–H groups in total. The lowest BCUT2D eigenvalue weighted by molar-refractivity contribution is 0.00801. The lowest BCUT2D eigenvalue weighted by atomic mass is 9.73. The zero-order valence-electron chi connectivity index (χ0n) is 9.58. The van der Waals surface area contributed by atoms with Crippen LogP contribution in [0.25, 0.3) is 0 Å². The molecule has 2 heteroatoms. The van der Waals surface area contributed by atoms with Crippen molar-refractivity contribution in [3.8, 4) is 0 Å². The number of fused-ring (bicyclic) bond motifs is 1. The molecular formula is C12H24N2. The quantitative estimate of drug-likeness (QED) is 0.696. The van der Waals surface area contributed by atoms with Crippen LogP contribution in [0.2, 0.25) is 0 Å². The maximum absolute atomic E-state index is 6.36. The van der Waals surface area contributed by atoms with Gasteiger partial charge in [-0.1, -0.05) is 19.3 Å². The van der Waals surface area contributed by atoms with E-state index in [1.165, 1.54) is 38.6 Å².